The zero-order valence-electron chi connectivity index (χ0n) is 18.5. The Morgan fingerprint density at radius 2 is 2.03 bits per heavy atom. The maximum absolute atomic E-state index is 13.5. The number of aryl methyl sites for hydroxylation is 1. The van der Waals surface area contributed by atoms with Gasteiger partial charge in [0.1, 0.15) is 22.9 Å². The van der Waals surface area contributed by atoms with E-state index in [4.69, 9.17) is 20.8 Å². The van der Waals surface area contributed by atoms with Crippen LogP contribution in [0.3, 0.4) is 0 Å². The molecular formula is C25H22ClN3O5. The second-order valence-corrected chi connectivity index (χ2v) is 8.46. The third-order valence-corrected chi connectivity index (χ3v) is 6.31. The molecule has 34 heavy (non-hydrogen) atoms. The molecule has 174 valence electrons. The van der Waals surface area contributed by atoms with Crippen molar-refractivity contribution in [2.75, 3.05) is 6.61 Å². The van der Waals surface area contributed by atoms with E-state index in [1.807, 2.05) is 6.92 Å². The highest BCUT2D eigenvalue weighted by molar-refractivity contribution is 6.31. The standard InChI is InChI=1S/C25H22ClN3O5/c1-3-33-20-10-14(6-7-18(20)30)24-21-22(16-11-17(26)13(2)9-19(16)31)27-28-23(21)25(32)29(24)12-15-5-4-8-34-15/h4-11,24,30-31H,3,12H2,1-2H3,(H,27,28)/t24-/m1/s1. The molecule has 0 saturated carbocycles. The number of carbonyl (C=O) groups excluding carboxylic acids is 1. The molecule has 0 bridgehead atoms. The van der Waals surface area contributed by atoms with E-state index in [2.05, 4.69) is 10.2 Å². The van der Waals surface area contributed by atoms with Crippen LogP contribution in [0.5, 0.6) is 17.2 Å². The highest BCUT2D eigenvalue weighted by Crippen LogP contribution is 2.47. The average Bonchev–Trinajstić information content (AvgIpc) is 3.53. The lowest BCUT2D eigenvalue weighted by molar-refractivity contribution is 0.0716. The maximum atomic E-state index is 13.5. The van der Waals surface area contributed by atoms with Crippen molar-refractivity contribution < 1.29 is 24.2 Å². The zero-order valence-corrected chi connectivity index (χ0v) is 19.3. The number of benzene rings is 2. The third-order valence-electron chi connectivity index (χ3n) is 5.90. The lowest BCUT2D eigenvalue weighted by Gasteiger charge is -2.26. The topological polar surface area (TPSA) is 112 Å². The molecule has 1 aliphatic heterocycles. The van der Waals surface area contributed by atoms with E-state index in [1.165, 1.54) is 6.07 Å². The highest BCUT2D eigenvalue weighted by atomic mass is 35.5. The summed E-state index contributed by atoms with van der Waals surface area (Å²) in [5, 5.41) is 28.6. The Hall–Kier alpha value is -3.91. The number of aromatic nitrogens is 2. The van der Waals surface area contributed by atoms with Crippen LogP contribution in [0.2, 0.25) is 5.02 Å². The third kappa shape index (κ3) is 3.56. The number of amides is 1. The molecule has 0 saturated heterocycles. The normalized spacial score (nSPS) is 15.1. The van der Waals surface area contributed by atoms with E-state index in [9.17, 15) is 15.0 Å². The fourth-order valence-corrected chi connectivity index (χ4v) is 4.47. The smallest absolute Gasteiger partial charge is 0.273 e. The number of ether oxygens (including phenoxy) is 1. The predicted molar refractivity (Wildman–Crippen MR) is 125 cm³/mol. The summed E-state index contributed by atoms with van der Waals surface area (Å²) >= 11 is 6.35. The van der Waals surface area contributed by atoms with Crippen LogP contribution in [0.4, 0.5) is 0 Å². The summed E-state index contributed by atoms with van der Waals surface area (Å²) in [6.45, 7) is 4.20. The summed E-state index contributed by atoms with van der Waals surface area (Å²) in [4.78, 5) is 15.1. The molecule has 4 aromatic rings. The van der Waals surface area contributed by atoms with E-state index in [-0.39, 0.29) is 24.0 Å². The Morgan fingerprint density at radius 1 is 1.21 bits per heavy atom. The van der Waals surface area contributed by atoms with E-state index >= 15 is 0 Å². The van der Waals surface area contributed by atoms with Gasteiger partial charge in [0.25, 0.3) is 5.91 Å². The van der Waals surface area contributed by atoms with Gasteiger partial charge >= 0.3 is 0 Å². The van der Waals surface area contributed by atoms with Crippen molar-refractivity contribution in [1.29, 1.82) is 0 Å². The number of nitrogens with zero attached hydrogens (tertiary/aromatic N) is 2. The molecule has 2 aromatic carbocycles. The number of furan rings is 1. The van der Waals surface area contributed by atoms with Gasteiger partial charge in [-0.05, 0) is 61.4 Å². The molecule has 1 atom stereocenters. The summed E-state index contributed by atoms with van der Waals surface area (Å²) < 4.78 is 11.1. The minimum Gasteiger partial charge on any atom is -0.507 e. The number of nitrogens with one attached hydrogen (secondary N) is 1. The van der Waals surface area contributed by atoms with Gasteiger partial charge < -0.3 is 24.3 Å². The summed E-state index contributed by atoms with van der Waals surface area (Å²) in [6.07, 6.45) is 1.55. The number of halogens is 1. The van der Waals surface area contributed by atoms with Crippen molar-refractivity contribution in [2.24, 2.45) is 0 Å². The number of fused-ring (bicyclic) bond motifs is 1. The lowest BCUT2D eigenvalue weighted by Crippen LogP contribution is -2.29. The second kappa shape index (κ2) is 8.46. The van der Waals surface area contributed by atoms with Crippen molar-refractivity contribution in [3.05, 3.63) is 81.9 Å². The number of phenolic OH excluding ortho intramolecular Hbond substituents is 2. The predicted octanol–water partition coefficient (Wildman–Crippen LogP) is 5.19. The van der Waals surface area contributed by atoms with Gasteiger partial charge in [0.15, 0.2) is 11.5 Å². The van der Waals surface area contributed by atoms with Gasteiger partial charge in [-0.3, -0.25) is 9.89 Å². The minimum atomic E-state index is -0.583. The molecule has 3 heterocycles. The van der Waals surface area contributed by atoms with E-state index in [0.29, 0.717) is 51.2 Å². The van der Waals surface area contributed by atoms with Crippen LogP contribution in [-0.4, -0.2) is 37.8 Å². The van der Waals surface area contributed by atoms with Crippen LogP contribution in [-0.2, 0) is 6.54 Å². The van der Waals surface area contributed by atoms with Crippen LogP contribution in [0, 0.1) is 6.92 Å². The highest BCUT2D eigenvalue weighted by Gasteiger charge is 2.43. The molecule has 0 radical (unpaired) electrons. The molecule has 1 amide bonds. The molecule has 0 unspecified atom stereocenters. The Labute approximate surface area is 200 Å². The van der Waals surface area contributed by atoms with Gasteiger partial charge in [-0.1, -0.05) is 17.7 Å². The molecule has 0 fully saturated rings. The Bertz CT molecular complexity index is 1380. The van der Waals surface area contributed by atoms with Gasteiger partial charge in [0.2, 0.25) is 0 Å². The summed E-state index contributed by atoms with van der Waals surface area (Å²) in [7, 11) is 0. The van der Waals surface area contributed by atoms with Crippen molar-refractivity contribution in [1.82, 2.24) is 15.1 Å². The van der Waals surface area contributed by atoms with Crippen LogP contribution in [0.15, 0.2) is 53.1 Å². The quantitative estimate of drug-likeness (QED) is 0.351. The van der Waals surface area contributed by atoms with Crippen LogP contribution in [0.25, 0.3) is 11.3 Å². The molecule has 0 aliphatic carbocycles. The first-order valence-corrected chi connectivity index (χ1v) is 11.1. The molecule has 5 rings (SSSR count). The fourth-order valence-electron chi connectivity index (χ4n) is 4.31. The lowest BCUT2D eigenvalue weighted by atomic mass is 9.95. The average molecular weight is 480 g/mol. The Kier molecular flexibility index (Phi) is 5.45. The Balaban J connectivity index is 1.70. The SMILES string of the molecule is CCOc1cc([C@@H]2c3c(-c4cc(Cl)c(C)cc4O)n[nH]c3C(=O)N2Cc2ccco2)ccc1O. The van der Waals surface area contributed by atoms with E-state index in [1.54, 1.807) is 54.5 Å². The van der Waals surface area contributed by atoms with E-state index < -0.39 is 6.04 Å². The number of H-pyrrole nitrogens is 1. The zero-order chi connectivity index (χ0) is 24.0. The molecular weight excluding hydrogens is 458 g/mol. The first-order valence-electron chi connectivity index (χ1n) is 10.8. The van der Waals surface area contributed by atoms with Gasteiger partial charge in [-0.2, -0.15) is 5.10 Å². The maximum Gasteiger partial charge on any atom is 0.273 e. The summed E-state index contributed by atoms with van der Waals surface area (Å²) in [5.41, 5.74) is 3.17. The van der Waals surface area contributed by atoms with E-state index in [0.717, 1.165) is 5.56 Å². The van der Waals surface area contributed by atoms with Crippen molar-refractivity contribution in [3.63, 3.8) is 0 Å². The van der Waals surface area contributed by atoms with Gasteiger partial charge in [-0.25, -0.2) is 0 Å². The first kappa shape index (κ1) is 21.9. The fraction of sp³-hybridized carbons (Fsp3) is 0.200. The number of aromatic hydroxyl groups is 2. The molecule has 3 N–H and O–H groups in total. The van der Waals surface area contributed by atoms with Crippen LogP contribution >= 0.6 is 11.6 Å². The molecule has 8 nitrogen and oxygen atoms in total. The summed E-state index contributed by atoms with van der Waals surface area (Å²) in [6, 6.07) is 11.2. The van der Waals surface area contributed by atoms with Crippen molar-refractivity contribution >= 4 is 17.5 Å². The van der Waals surface area contributed by atoms with Crippen LogP contribution in [0.1, 0.15) is 45.9 Å². The monoisotopic (exact) mass is 479 g/mol. The van der Waals surface area contributed by atoms with Crippen LogP contribution < -0.4 is 4.74 Å². The number of aromatic amines is 1. The van der Waals surface area contributed by atoms with Gasteiger partial charge in [-0.15, -0.1) is 0 Å². The van der Waals surface area contributed by atoms with Gasteiger partial charge in [0, 0.05) is 16.1 Å². The number of phenols is 2. The number of carbonyl (C=O) groups is 1. The van der Waals surface area contributed by atoms with Gasteiger partial charge in [0.05, 0.1) is 25.5 Å². The van der Waals surface area contributed by atoms with Crippen molar-refractivity contribution in [3.8, 4) is 28.5 Å². The molecule has 9 heteroatoms. The number of hydrogen-bond donors (Lipinski definition) is 3. The minimum absolute atomic E-state index is 0.00288. The second-order valence-electron chi connectivity index (χ2n) is 8.05. The molecule has 1 aliphatic rings. The number of rotatable bonds is 6. The molecule has 2 aromatic heterocycles. The first-order chi connectivity index (χ1) is 16.4. The molecule has 0 spiro atoms. The Morgan fingerprint density at radius 3 is 2.76 bits per heavy atom. The van der Waals surface area contributed by atoms with Crippen molar-refractivity contribution in [2.45, 2.75) is 26.4 Å². The largest absolute Gasteiger partial charge is 0.507 e. The number of hydrogen-bond acceptors (Lipinski definition) is 6. The summed E-state index contributed by atoms with van der Waals surface area (Å²) in [5.74, 6) is 0.669.